The predicted octanol–water partition coefficient (Wildman–Crippen LogP) is 3.33. The van der Waals surface area contributed by atoms with Gasteiger partial charge in [0.05, 0.1) is 5.56 Å². The molecule has 1 amide bonds. The van der Waals surface area contributed by atoms with Crippen molar-refractivity contribution in [2.75, 3.05) is 19.3 Å². The van der Waals surface area contributed by atoms with Crippen molar-refractivity contribution in [3.8, 4) is 0 Å². The van der Waals surface area contributed by atoms with Crippen LogP contribution in [0.2, 0.25) is 0 Å². The van der Waals surface area contributed by atoms with Crippen LogP contribution in [0.4, 0.5) is 5.69 Å². The zero-order valence-corrected chi connectivity index (χ0v) is 12.8. The van der Waals surface area contributed by atoms with Gasteiger partial charge < -0.3 is 10.6 Å². The Kier molecular flexibility index (Phi) is 5.47. The van der Waals surface area contributed by atoms with Crippen molar-refractivity contribution >= 4 is 39.9 Å². The Labute approximate surface area is 122 Å². The number of amides is 1. The van der Waals surface area contributed by atoms with Gasteiger partial charge in [-0.3, -0.25) is 4.79 Å². The number of nitrogens with zero attached hydrogens (tertiary/aromatic N) is 1. The number of anilines is 1. The molecular formula is C13H18BrClN2O. The number of carbonyl (C=O) groups excluding carboxylic acids is 1. The number of halogens is 2. The lowest BCUT2D eigenvalue weighted by Crippen LogP contribution is -2.28. The molecule has 0 aliphatic heterocycles. The molecule has 100 valence electrons. The lowest BCUT2D eigenvalue weighted by Gasteiger charge is -2.18. The van der Waals surface area contributed by atoms with Gasteiger partial charge in [-0.05, 0) is 30.5 Å². The summed E-state index contributed by atoms with van der Waals surface area (Å²) in [5, 5.41) is 0. The van der Waals surface area contributed by atoms with Gasteiger partial charge in [0.1, 0.15) is 0 Å². The van der Waals surface area contributed by atoms with E-state index < -0.39 is 0 Å². The van der Waals surface area contributed by atoms with Crippen LogP contribution >= 0.6 is 28.3 Å². The van der Waals surface area contributed by atoms with Gasteiger partial charge in [-0.25, -0.2) is 0 Å². The lowest BCUT2D eigenvalue weighted by atomic mass is 10.1. The van der Waals surface area contributed by atoms with E-state index in [2.05, 4.69) is 15.9 Å². The topological polar surface area (TPSA) is 46.3 Å². The minimum Gasteiger partial charge on any atom is -0.398 e. The first-order valence-electron chi connectivity index (χ1n) is 5.88. The summed E-state index contributed by atoms with van der Waals surface area (Å²) in [5.41, 5.74) is 6.97. The smallest absolute Gasteiger partial charge is 0.255 e. The number of hydrogen-bond donors (Lipinski definition) is 1. The molecule has 0 spiro atoms. The normalized spacial score (nSPS) is 13.9. The van der Waals surface area contributed by atoms with Gasteiger partial charge in [-0.15, -0.1) is 12.4 Å². The molecule has 0 radical (unpaired) electrons. The molecule has 18 heavy (non-hydrogen) atoms. The quantitative estimate of drug-likeness (QED) is 0.859. The summed E-state index contributed by atoms with van der Waals surface area (Å²) >= 11 is 3.34. The highest BCUT2D eigenvalue weighted by Crippen LogP contribution is 2.32. The van der Waals surface area contributed by atoms with E-state index in [9.17, 15) is 4.79 Å². The van der Waals surface area contributed by atoms with Crippen LogP contribution in [-0.2, 0) is 0 Å². The Bertz CT molecular complexity index is 435. The number of hydrogen-bond acceptors (Lipinski definition) is 2. The van der Waals surface area contributed by atoms with E-state index in [0.717, 1.165) is 23.4 Å². The summed E-state index contributed by atoms with van der Waals surface area (Å²) in [4.78, 5) is 13.9. The van der Waals surface area contributed by atoms with Crippen LogP contribution in [0.3, 0.4) is 0 Å². The monoisotopic (exact) mass is 332 g/mol. The number of benzene rings is 1. The third-order valence-electron chi connectivity index (χ3n) is 3.16. The molecule has 0 bridgehead atoms. The number of nitrogen functional groups attached to an aromatic ring is 1. The van der Waals surface area contributed by atoms with Gasteiger partial charge in [-0.2, -0.15) is 0 Å². The number of rotatable bonds is 4. The third-order valence-corrected chi connectivity index (χ3v) is 3.65. The van der Waals surface area contributed by atoms with Gasteiger partial charge in [0.2, 0.25) is 0 Å². The maximum atomic E-state index is 12.1. The summed E-state index contributed by atoms with van der Waals surface area (Å²) in [7, 11) is 1.84. The van der Waals surface area contributed by atoms with E-state index in [1.807, 2.05) is 13.1 Å². The van der Waals surface area contributed by atoms with E-state index in [1.165, 1.54) is 12.8 Å². The number of nitrogens with two attached hydrogens (primary N) is 1. The van der Waals surface area contributed by atoms with E-state index in [-0.39, 0.29) is 18.3 Å². The molecular weight excluding hydrogens is 316 g/mol. The summed E-state index contributed by atoms with van der Waals surface area (Å²) in [6, 6.07) is 5.38. The highest BCUT2D eigenvalue weighted by molar-refractivity contribution is 9.10. The van der Waals surface area contributed by atoms with Gasteiger partial charge >= 0.3 is 0 Å². The van der Waals surface area contributed by atoms with Crippen LogP contribution in [0.25, 0.3) is 0 Å². The number of carbonyl (C=O) groups is 1. The molecule has 1 aromatic rings. The highest BCUT2D eigenvalue weighted by atomic mass is 79.9. The Balaban J connectivity index is 0.00000162. The van der Waals surface area contributed by atoms with Crippen LogP contribution in [0.1, 0.15) is 29.6 Å². The van der Waals surface area contributed by atoms with Crippen molar-refractivity contribution in [1.29, 1.82) is 0 Å². The first-order valence-corrected chi connectivity index (χ1v) is 6.67. The molecule has 2 rings (SSSR count). The molecule has 2 N–H and O–H groups in total. The second kappa shape index (κ2) is 6.43. The molecule has 1 aliphatic carbocycles. The van der Waals surface area contributed by atoms with E-state index >= 15 is 0 Å². The standard InChI is InChI=1S/C13H17BrN2O.ClH/c1-16(7-6-9-2-3-9)13(17)11-5-4-10(14)8-12(11)15;/h4-5,8-9H,2-3,6-7,15H2,1H3;1H. The minimum atomic E-state index is 0. The van der Waals surface area contributed by atoms with Crippen LogP contribution in [0.5, 0.6) is 0 Å². The van der Waals surface area contributed by atoms with Crippen LogP contribution in [0.15, 0.2) is 22.7 Å². The van der Waals surface area contributed by atoms with Gasteiger partial charge in [0, 0.05) is 23.8 Å². The Morgan fingerprint density at radius 2 is 2.17 bits per heavy atom. The molecule has 1 aliphatic rings. The Hall–Kier alpha value is -0.740. The molecule has 1 saturated carbocycles. The zero-order chi connectivity index (χ0) is 12.4. The fourth-order valence-corrected chi connectivity index (χ4v) is 2.20. The van der Waals surface area contributed by atoms with E-state index in [4.69, 9.17) is 5.73 Å². The van der Waals surface area contributed by atoms with Crippen molar-refractivity contribution in [2.24, 2.45) is 5.92 Å². The molecule has 3 nitrogen and oxygen atoms in total. The van der Waals surface area contributed by atoms with Crippen molar-refractivity contribution in [3.05, 3.63) is 28.2 Å². The molecule has 0 atom stereocenters. The first kappa shape index (κ1) is 15.3. The van der Waals surface area contributed by atoms with Crippen LogP contribution in [0, 0.1) is 5.92 Å². The summed E-state index contributed by atoms with van der Waals surface area (Å²) < 4.78 is 0.896. The molecule has 0 unspecified atom stereocenters. The predicted molar refractivity (Wildman–Crippen MR) is 80.1 cm³/mol. The Morgan fingerprint density at radius 1 is 1.50 bits per heavy atom. The maximum absolute atomic E-state index is 12.1. The van der Waals surface area contributed by atoms with Gasteiger partial charge in [0.25, 0.3) is 5.91 Å². The van der Waals surface area contributed by atoms with Crippen molar-refractivity contribution in [2.45, 2.75) is 19.3 Å². The first-order chi connectivity index (χ1) is 8.08. The van der Waals surface area contributed by atoms with E-state index in [1.54, 1.807) is 17.0 Å². The Morgan fingerprint density at radius 3 is 2.72 bits per heavy atom. The molecule has 0 saturated heterocycles. The largest absolute Gasteiger partial charge is 0.398 e. The second-order valence-corrected chi connectivity index (χ2v) is 5.61. The van der Waals surface area contributed by atoms with Gasteiger partial charge in [-0.1, -0.05) is 28.8 Å². The highest BCUT2D eigenvalue weighted by Gasteiger charge is 2.23. The van der Waals surface area contributed by atoms with E-state index in [0.29, 0.717) is 11.3 Å². The van der Waals surface area contributed by atoms with Crippen molar-refractivity contribution in [1.82, 2.24) is 4.90 Å². The molecule has 5 heteroatoms. The maximum Gasteiger partial charge on any atom is 0.255 e. The van der Waals surface area contributed by atoms with Crippen molar-refractivity contribution in [3.63, 3.8) is 0 Å². The third kappa shape index (κ3) is 3.89. The summed E-state index contributed by atoms with van der Waals surface area (Å²) in [6.45, 7) is 0.818. The second-order valence-electron chi connectivity index (χ2n) is 4.69. The lowest BCUT2D eigenvalue weighted by molar-refractivity contribution is 0.0792. The van der Waals surface area contributed by atoms with Crippen LogP contribution < -0.4 is 5.73 Å². The average molecular weight is 334 g/mol. The zero-order valence-electron chi connectivity index (χ0n) is 10.4. The average Bonchev–Trinajstić information content (AvgIpc) is 3.09. The minimum absolute atomic E-state index is 0. The van der Waals surface area contributed by atoms with Crippen LogP contribution in [-0.4, -0.2) is 24.4 Å². The summed E-state index contributed by atoms with van der Waals surface area (Å²) in [5.74, 6) is 0.850. The molecule has 0 aromatic heterocycles. The SMILES string of the molecule is CN(CCC1CC1)C(=O)c1ccc(Br)cc1N.Cl. The molecule has 1 aromatic carbocycles. The molecule has 1 fully saturated rings. The molecule has 0 heterocycles. The summed E-state index contributed by atoms with van der Waals surface area (Å²) in [6.07, 6.45) is 3.75. The van der Waals surface area contributed by atoms with Gasteiger partial charge in [0.15, 0.2) is 0 Å². The van der Waals surface area contributed by atoms with Crippen molar-refractivity contribution < 1.29 is 4.79 Å². The fraction of sp³-hybridized carbons (Fsp3) is 0.462. The fourth-order valence-electron chi connectivity index (χ4n) is 1.82.